The van der Waals surface area contributed by atoms with E-state index in [9.17, 15) is 4.79 Å². The fraction of sp³-hybridized carbons (Fsp3) is 0.304. The van der Waals surface area contributed by atoms with Gasteiger partial charge in [-0.3, -0.25) is 4.79 Å². The molecule has 1 fully saturated rings. The minimum absolute atomic E-state index is 0.217. The first-order valence-corrected chi connectivity index (χ1v) is 10.4. The maximum Gasteiger partial charge on any atom is 0.259 e. The number of fused-ring (bicyclic) bond motifs is 1. The third-order valence-electron chi connectivity index (χ3n) is 5.62. The number of carbonyl (C=O) groups excluding carboxylic acids is 1. The Morgan fingerprint density at radius 1 is 1.23 bits per heavy atom. The zero-order valence-corrected chi connectivity index (χ0v) is 17.8. The minimum Gasteiger partial charge on any atom is -0.378 e. The van der Waals surface area contributed by atoms with Gasteiger partial charge in [-0.1, -0.05) is 17.3 Å². The number of aryl methyl sites for hydroxylation is 1. The largest absolute Gasteiger partial charge is 0.378 e. The van der Waals surface area contributed by atoms with Crippen molar-refractivity contribution in [3.63, 3.8) is 0 Å². The molecule has 31 heavy (non-hydrogen) atoms. The van der Waals surface area contributed by atoms with Crippen LogP contribution in [0.5, 0.6) is 0 Å². The SMILES string of the molecule is Cc1noc2nc(C3CC3)cc(C(=O)Nc3ccnn3Cc3ccc(N(C)C)cc3)c12. The first-order valence-electron chi connectivity index (χ1n) is 10.4. The average molecular weight is 416 g/mol. The number of hydrogen-bond acceptors (Lipinski definition) is 6. The summed E-state index contributed by atoms with van der Waals surface area (Å²) in [6, 6.07) is 11.9. The van der Waals surface area contributed by atoms with Crippen LogP contribution >= 0.6 is 0 Å². The average Bonchev–Trinajstić information content (AvgIpc) is 3.43. The lowest BCUT2D eigenvalue weighted by atomic mass is 10.1. The van der Waals surface area contributed by atoms with Gasteiger partial charge in [0.05, 0.1) is 29.4 Å². The fourth-order valence-corrected chi connectivity index (χ4v) is 3.70. The fourth-order valence-electron chi connectivity index (χ4n) is 3.70. The number of amides is 1. The molecule has 8 nitrogen and oxygen atoms in total. The second kappa shape index (κ2) is 7.54. The van der Waals surface area contributed by atoms with E-state index in [1.54, 1.807) is 16.9 Å². The summed E-state index contributed by atoms with van der Waals surface area (Å²) in [5.41, 5.74) is 4.74. The van der Waals surface area contributed by atoms with Gasteiger partial charge in [0.2, 0.25) is 0 Å². The van der Waals surface area contributed by atoms with Crippen molar-refractivity contribution in [1.82, 2.24) is 19.9 Å². The summed E-state index contributed by atoms with van der Waals surface area (Å²) in [6.45, 7) is 2.38. The molecule has 5 rings (SSSR count). The molecule has 158 valence electrons. The second-order valence-electron chi connectivity index (χ2n) is 8.21. The van der Waals surface area contributed by atoms with Gasteiger partial charge in [-0.05, 0) is 43.5 Å². The maximum atomic E-state index is 13.2. The summed E-state index contributed by atoms with van der Waals surface area (Å²) < 4.78 is 7.14. The van der Waals surface area contributed by atoms with Gasteiger partial charge < -0.3 is 14.7 Å². The van der Waals surface area contributed by atoms with Crippen molar-refractivity contribution in [3.05, 3.63) is 65.1 Å². The van der Waals surface area contributed by atoms with E-state index < -0.39 is 0 Å². The molecular formula is C23H24N6O2. The summed E-state index contributed by atoms with van der Waals surface area (Å²) in [7, 11) is 4.02. The molecule has 3 aromatic heterocycles. The molecule has 1 aliphatic carbocycles. The van der Waals surface area contributed by atoms with E-state index >= 15 is 0 Å². The molecule has 1 aliphatic rings. The molecule has 1 amide bonds. The monoisotopic (exact) mass is 416 g/mol. The van der Waals surface area contributed by atoms with E-state index in [1.165, 1.54) is 0 Å². The second-order valence-corrected chi connectivity index (χ2v) is 8.21. The summed E-state index contributed by atoms with van der Waals surface area (Å²) in [5.74, 6) is 0.816. The predicted octanol–water partition coefficient (Wildman–Crippen LogP) is 3.97. The van der Waals surface area contributed by atoms with Crippen LogP contribution in [0.1, 0.15) is 46.1 Å². The minimum atomic E-state index is -0.217. The standard InChI is InChI=1S/C23H24N6O2/c1-14-21-18(12-19(16-6-7-16)25-23(21)31-27-14)22(30)26-20-10-11-24-29(20)13-15-4-8-17(9-5-15)28(2)3/h4-5,8-12,16H,6-7,13H2,1-3H3,(H,26,30). The van der Waals surface area contributed by atoms with E-state index in [0.717, 1.165) is 29.8 Å². The summed E-state index contributed by atoms with van der Waals surface area (Å²) in [6.07, 6.45) is 3.87. The lowest BCUT2D eigenvalue weighted by Crippen LogP contribution is -2.17. The summed E-state index contributed by atoms with van der Waals surface area (Å²) in [5, 5.41) is 12.1. The maximum absolute atomic E-state index is 13.2. The molecule has 1 N–H and O–H groups in total. The van der Waals surface area contributed by atoms with E-state index in [4.69, 9.17) is 4.52 Å². The zero-order valence-electron chi connectivity index (χ0n) is 17.8. The van der Waals surface area contributed by atoms with Crippen molar-refractivity contribution in [1.29, 1.82) is 0 Å². The van der Waals surface area contributed by atoms with Gasteiger partial charge in [0.15, 0.2) is 0 Å². The number of nitrogens with one attached hydrogen (secondary N) is 1. The van der Waals surface area contributed by atoms with Crippen molar-refractivity contribution in [2.24, 2.45) is 0 Å². The number of anilines is 2. The smallest absolute Gasteiger partial charge is 0.259 e. The van der Waals surface area contributed by atoms with Gasteiger partial charge in [-0.15, -0.1) is 0 Å². The Labute approximate surface area is 179 Å². The zero-order chi connectivity index (χ0) is 21.5. The van der Waals surface area contributed by atoms with Crippen LogP contribution in [0.25, 0.3) is 11.1 Å². The lowest BCUT2D eigenvalue weighted by molar-refractivity contribution is 0.102. The van der Waals surface area contributed by atoms with Crippen LogP contribution in [0.15, 0.2) is 47.1 Å². The number of rotatable bonds is 6. The lowest BCUT2D eigenvalue weighted by Gasteiger charge is -2.13. The molecule has 3 heterocycles. The molecule has 0 radical (unpaired) electrons. The molecule has 0 unspecified atom stereocenters. The van der Waals surface area contributed by atoms with E-state index in [0.29, 0.717) is 40.6 Å². The van der Waals surface area contributed by atoms with Crippen LogP contribution in [-0.2, 0) is 6.54 Å². The summed E-state index contributed by atoms with van der Waals surface area (Å²) >= 11 is 0. The topological polar surface area (TPSA) is 89.1 Å². The summed E-state index contributed by atoms with van der Waals surface area (Å²) in [4.78, 5) is 19.9. The van der Waals surface area contributed by atoms with Crippen LogP contribution in [0.2, 0.25) is 0 Å². The predicted molar refractivity (Wildman–Crippen MR) is 119 cm³/mol. The van der Waals surface area contributed by atoms with Crippen LogP contribution in [0.3, 0.4) is 0 Å². The Morgan fingerprint density at radius 3 is 2.71 bits per heavy atom. The first kappa shape index (κ1) is 19.3. The first-order chi connectivity index (χ1) is 15.0. The molecular weight excluding hydrogens is 392 g/mol. The van der Waals surface area contributed by atoms with Gasteiger partial charge in [-0.2, -0.15) is 5.10 Å². The Morgan fingerprint density at radius 2 is 2.00 bits per heavy atom. The highest BCUT2D eigenvalue weighted by Crippen LogP contribution is 2.40. The molecule has 0 spiro atoms. The quantitative estimate of drug-likeness (QED) is 0.512. The van der Waals surface area contributed by atoms with E-state index in [1.807, 2.05) is 27.1 Å². The molecule has 0 atom stereocenters. The van der Waals surface area contributed by atoms with Crippen molar-refractivity contribution >= 4 is 28.5 Å². The molecule has 0 aliphatic heterocycles. The molecule has 4 aromatic rings. The van der Waals surface area contributed by atoms with E-state index in [-0.39, 0.29) is 5.91 Å². The van der Waals surface area contributed by atoms with Gasteiger partial charge >= 0.3 is 0 Å². The van der Waals surface area contributed by atoms with E-state index in [2.05, 4.69) is 49.7 Å². The number of nitrogens with zero attached hydrogens (tertiary/aromatic N) is 5. The van der Waals surface area contributed by atoms with Crippen molar-refractivity contribution in [3.8, 4) is 0 Å². The molecule has 0 saturated heterocycles. The Hall–Kier alpha value is -3.68. The highest BCUT2D eigenvalue weighted by atomic mass is 16.5. The van der Waals surface area contributed by atoms with Crippen molar-refractivity contribution in [2.45, 2.75) is 32.2 Å². The van der Waals surface area contributed by atoms with Crippen LogP contribution < -0.4 is 10.2 Å². The third kappa shape index (κ3) is 3.76. The Kier molecular flexibility index (Phi) is 4.69. The third-order valence-corrected chi connectivity index (χ3v) is 5.62. The molecule has 1 aromatic carbocycles. The van der Waals surface area contributed by atoms with Crippen LogP contribution in [0, 0.1) is 6.92 Å². The molecule has 1 saturated carbocycles. The Balaban J connectivity index is 1.41. The number of hydrogen-bond donors (Lipinski definition) is 1. The number of pyridine rings is 1. The normalized spacial score (nSPS) is 13.5. The van der Waals surface area contributed by atoms with Gasteiger partial charge in [0.1, 0.15) is 5.82 Å². The van der Waals surface area contributed by atoms with Gasteiger partial charge in [0, 0.05) is 37.5 Å². The van der Waals surface area contributed by atoms with Crippen molar-refractivity contribution in [2.75, 3.05) is 24.3 Å². The van der Waals surface area contributed by atoms with Gasteiger partial charge in [-0.25, -0.2) is 9.67 Å². The number of carbonyl (C=O) groups is 1. The van der Waals surface area contributed by atoms with Crippen molar-refractivity contribution < 1.29 is 9.32 Å². The molecule has 8 heteroatoms. The number of benzene rings is 1. The number of aromatic nitrogens is 4. The Bertz CT molecular complexity index is 1250. The highest BCUT2D eigenvalue weighted by Gasteiger charge is 2.28. The highest BCUT2D eigenvalue weighted by molar-refractivity contribution is 6.12. The molecule has 0 bridgehead atoms. The van der Waals surface area contributed by atoms with Crippen LogP contribution in [-0.4, -0.2) is 39.9 Å². The van der Waals surface area contributed by atoms with Crippen LogP contribution in [0.4, 0.5) is 11.5 Å². The van der Waals surface area contributed by atoms with Gasteiger partial charge in [0.25, 0.3) is 11.6 Å².